The first-order valence-corrected chi connectivity index (χ1v) is 9.33. The maximum Gasteiger partial charge on any atom is 0.435 e. The van der Waals surface area contributed by atoms with E-state index in [2.05, 4.69) is 10.4 Å². The second-order valence-corrected chi connectivity index (χ2v) is 7.85. The van der Waals surface area contributed by atoms with Gasteiger partial charge in [-0.05, 0) is 31.1 Å². The third-order valence-electron chi connectivity index (χ3n) is 5.98. The smallest absolute Gasteiger partial charge is 0.335 e. The molecule has 2 aliphatic carbocycles. The monoisotopic (exact) mass is 372 g/mol. The van der Waals surface area contributed by atoms with Crippen LogP contribution in [0.2, 0.25) is 0 Å². The number of hydrogen-bond acceptors (Lipinski definition) is 2. The van der Waals surface area contributed by atoms with E-state index in [9.17, 15) is 18.0 Å². The molecule has 1 aromatic rings. The van der Waals surface area contributed by atoms with Crippen molar-refractivity contribution < 1.29 is 18.0 Å². The third kappa shape index (κ3) is 3.83. The summed E-state index contributed by atoms with van der Waals surface area (Å²) in [6, 6.07) is -0.174. The number of alkyl halides is 3. The van der Waals surface area contributed by atoms with Gasteiger partial charge in [-0.1, -0.05) is 25.7 Å². The molecule has 8 heteroatoms. The number of nitrogens with zero attached hydrogens (tertiary/aromatic N) is 3. The number of carbonyl (C=O) groups excluding carboxylic acids is 1. The summed E-state index contributed by atoms with van der Waals surface area (Å²) in [7, 11) is 2.98. The molecule has 0 aromatic carbocycles. The molecule has 3 rings (SSSR count). The number of rotatable bonds is 3. The van der Waals surface area contributed by atoms with E-state index < -0.39 is 11.9 Å². The summed E-state index contributed by atoms with van der Waals surface area (Å²) in [5.74, 6) is 0. The molecule has 2 saturated carbocycles. The van der Waals surface area contributed by atoms with Gasteiger partial charge in [-0.15, -0.1) is 0 Å². The second kappa shape index (κ2) is 7.12. The molecule has 0 saturated heterocycles. The van der Waals surface area contributed by atoms with Crippen LogP contribution in [0.25, 0.3) is 0 Å². The highest BCUT2D eigenvalue weighted by molar-refractivity contribution is 5.74. The van der Waals surface area contributed by atoms with E-state index in [1.54, 1.807) is 0 Å². The van der Waals surface area contributed by atoms with Crippen LogP contribution in [0.4, 0.5) is 18.0 Å². The molecule has 2 amide bonds. The van der Waals surface area contributed by atoms with Gasteiger partial charge in [0.15, 0.2) is 5.69 Å². The van der Waals surface area contributed by atoms with Crippen molar-refractivity contribution in [2.75, 3.05) is 7.05 Å². The van der Waals surface area contributed by atoms with Gasteiger partial charge < -0.3 is 10.2 Å². The number of aromatic nitrogens is 2. The fraction of sp³-hybridized carbons (Fsp3) is 0.778. The summed E-state index contributed by atoms with van der Waals surface area (Å²) in [6.07, 6.45) is 5.95. The quantitative estimate of drug-likeness (QED) is 0.869. The zero-order chi connectivity index (χ0) is 18.9. The van der Waals surface area contributed by atoms with Gasteiger partial charge in [-0.3, -0.25) is 4.68 Å². The van der Waals surface area contributed by atoms with Gasteiger partial charge in [0.1, 0.15) is 0 Å². The van der Waals surface area contributed by atoms with E-state index in [0.717, 1.165) is 36.8 Å². The number of urea groups is 1. The summed E-state index contributed by atoms with van der Waals surface area (Å²) in [5.41, 5.74) is -0.721. The van der Waals surface area contributed by atoms with Crippen molar-refractivity contribution in [1.82, 2.24) is 20.0 Å². The number of hydrogen-bond donors (Lipinski definition) is 1. The van der Waals surface area contributed by atoms with Crippen molar-refractivity contribution in [3.05, 3.63) is 17.5 Å². The Hall–Kier alpha value is -1.73. The first-order chi connectivity index (χ1) is 12.2. The van der Waals surface area contributed by atoms with E-state index in [-0.39, 0.29) is 29.6 Å². The summed E-state index contributed by atoms with van der Waals surface area (Å²) < 4.78 is 40.4. The van der Waals surface area contributed by atoms with Crippen molar-refractivity contribution in [1.29, 1.82) is 0 Å². The normalized spacial score (nSPS) is 22.6. The van der Waals surface area contributed by atoms with Gasteiger partial charge in [0.05, 0.1) is 6.54 Å². The number of aryl methyl sites for hydroxylation is 1. The van der Waals surface area contributed by atoms with Crippen molar-refractivity contribution >= 4 is 6.03 Å². The SMILES string of the molecule is CN(Cc1cn(C)nc1C(F)(F)F)C(=O)NC1CCCC12CCCCC2. The van der Waals surface area contributed by atoms with Crippen LogP contribution in [0, 0.1) is 5.41 Å². The van der Waals surface area contributed by atoms with Crippen molar-refractivity contribution in [3.63, 3.8) is 0 Å². The summed E-state index contributed by atoms with van der Waals surface area (Å²) >= 11 is 0. The summed E-state index contributed by atoms with van der Waals surface area (Å²) in [5, 5.41) is 6.60. The molecule has 1 atom stereocenters. The minimum absolute atomic E-state index is 0.0106. The van der Waals surface area contributed by atoms with Gasteiger partial charge >= 0.3 is 12.2 Å². The zero-order valence-corrected chi connectivity index (χ0v) is 15.4. The number of carbonyl (C=O) groups is 1. The Morgan fingerprint density at radius 3 is 2.62 bits per heavy atom. The molecule has 1 N–H and O–H groups in total. The first kappa shape index (κ1) is 19.0. The summed E-state index contributed by atoms with van der Waals surface area (Å²) in [4.78, 5) is 13.9. The molecule has 2 aliphatic rings. The van der Waals surface area contributed by atoms with Crippen LogP contribution in [0.3, 0.4) is 0 Å². The predicted octanol–water partition coefficient (Wildman–Crippen LogP) is 4.08. The number of nitrogens with one attached hydrogen (secondary N) is 1. The minimum atomic E-state index is -4.52. The molecule has 1 unspecified atom stereocenters. The lowest BCUT2D eigenvalue weighted by Gasteiger charge is -2.39. The lowest BCUT2D eigenvalue weighted by Crippen LogP contribution is -2.49. The molecule has 2 fully saturated rings. The molecular weight excluding hydrogens is 345 g/mol. The van der Waals surface area contributed by atoms with E-state index in [0.29, 0.717) is 0 Å². The molecular formula is C18H27F3N4O. The predicted molar refractivity (Wildman–Crippen MR) is 91.4 cm³/mol. The molecule has 0 aliphatic heterocycles. The van der Waals surface area contributed by atoms with Crippen molar-refractivity contribution in [3.8, 4) is 0 Å². The third-order valence-corrected chi connectivity index (χ3v) is 5.98. The molecule has 5 nitrogen and oxygen atoms in total. The highest BCUT2D eigenvalue weighted by atomic mass is 19.4. The van der Waals surface area contributed by atoms with Crippen molar-refractivity contribution in [2.45, 2.75) is 70.1 Å². The van der Waals surface area contributed by atoms with Gasteiger partial charge in [0.25, 0.3) is 0 Å². The molecule has 0 radical (unpaired) electrons. The topological polar surface area (TPSA) is 50.2 Å². The Morgan fingerprint density at radius 1 is 1.31 bits per heavy atom. The average Bonchev–Trinajstić information content (AvgIpc) is 3.12. The fourth-order valence-electron chi connectivity index (χ4n) is 4.70. The van der Waals surface area contributed by atoms with Gasteiger partial charge in [0, 0.05) is 31.9 Å². The average molecular weight is 372 g/mol. The van der Waals surface area contributed by atoms with Gasteiger partial charge in [-0.2, -0.15) is 18.3 Å². The van der Waals surface area contributed by atoms with Crippen LogP contribution in [0.5, 0.6) is 0 Å². The van der Waals surface area contributed by atoms with Crippen LogP contribution in [0.15, 0.2) is 6.20 Å². The Bertz CT molecular complexity index is 649. The minimum Gasteiger partial charge on any atom is -0.335 e. The highest BCUT2D eigenvalue weighted by Gasteiger charge is 2.44. The molecule has 1 aromatic heterocycles. The van der Waals surface area contributed by atoms with E-state index >= 15 is 0 Å². The Morgan fingerprint density at radius 2 is 1.96 bits per heavy atom. The standard InChI is InChI=1S/C18H27F3N4O/c1-24(11-13-12-25(2)23-15(13)18(19,20)21)16(26)22-14-7-6-10-17(14)8-4-3-5-9-17/h12,14H,3-11H2,1-2H3,(H,22,26). The Labute approximate surface area is 151 Å². The van der Waals surface area contributed by atoms with Gasteiger partial charge in [0.2, 0.25) is 0 Å². The molecule has 146 valence electrons. The van der Waals surface area contributed by atoms with Gasteiger partial charge in [-0.25, -0.2) is 4.79 Å². The maximum absolute atomic E-state index is 13.1. The van der Waals surface area contributed by atoms with Crippen LogP contribution in [-0.4, -0.2) is 33.8 Å². The zero-order valence-electron chi connectivity index (χ0n) is 15.4. The first-order valence-electron chi connectivity index (χ1n) is 9.33. The van der Waals surface area contributed by atoms with E-state index in [4.69, 9.17) is 0 Å². The van der Waals surface area contributed by atoms with Crippen molar-refractivity contribution in [2.24, 2.45) is 12.5 Å². The highest BCUT2D eigenvalue weighted by Crippen LogP contribution is 2.49. The molecule has 26 heavy (non-hydrogen) atoms. The number of amides is 2. The Kier molecular flexibility index (Phi) is 5.21. The fourth-order valence-corrected chi connectivity index (χ4v) is 4.70. The van der Waals surface area contributed by atoms with E-state index in [1.165, 1.54) is 44.5 Å². The Balaban J connectivity index is 1.65. The maximum atomic E-state index is 13.1. The largest absolute Gasteiger partial charge is 0.435 e. The van der Waals surface area contributed by atoms with Crippen LogP contribution in [0.1, 0.15) is 62.6 Å². The lowest BCUT2D eigenvalue weighted by atomic mass is 9.70. The summed E-state index contributed by atoms with van der Waals surface area (Å²) in [6.45, 7) is -0.117. The molecule has 1 spiro atoms. The molecule has 0 bridgehead atoms. The lowest BCUT2D eigenvalue weighted by molar-refractivity contribution is -0.142. The van der Waals surface area contributed by atoms with Crippen LogP contribution in [-0.2, 0) is 19.8 Å². The van der Waals surface area contributed by atoms with Crippen LogP contribution < -0.4 is 5.32 Å². The van der Waals surface area contributed by atoms with E-state index in [1.807, 2.05) is 0 Å². The second-order valence-electron chi connectivity index (χ2n) is 7.85. The number of halogens is 3. The molecule has 1 heterocycles. The van der Waals surface area contributed by atoms with Crippen LogP contribution >= 0.6 is 0 Å².